The Morgan fingerprint density at radius 1 is 0.413 bits per heavy atom. The van der Waals surface area contributed by atoms with E-state index in [1.807, 2.05) is 24.3 Å². The second kappa shape index (κ2) is 32.6. The normalized spacial score (nSPS) is 11.5. The molecule has 0 aliphatic heterocycles. The smallest absolute Gasteiger partial charge is 0.330 e. The van der Waals surface area contributed by atoms with Crippen LogP contribution >= 0.6 is 0 Å². The Morgan fingerprint density at radius 3 is 0.913 bits per heavy atom. The molecule has 0 unspecified atom stereocenters. The van der Waals surface area contributed by atoms with Gasteiger partial charge in [-0.25, -0.2) is 9.59 Å². The van der Waals surface area contributed by atoms with Gasteiger partial charge in [-0.3, -0.25) is 0 Å². The maximum atomic E-state index is 12.1. The van der Waals surface area contributed by atoms with Crippen molar-refractivity contribution < 1.29 is 19.1 Å². The number of rotatable bonds is 32. The molecule has 4 heteroatoms. The number of benzene rings is 1. The molecule has 0 atom stereocenters. The number of ether oxygens (including phenoxy) is 2. The Labute approximate surface area is 284 Å². The van der Waals surface area contributed by atoms with E-state index in [9.17, 15) is 9.59 Å². The molecule has 0 spiro atoms. The molecule has 0 aliphatic rings. The standard InChI is InChI=1S/C42H70O4/c1-3-5-7-9-11-13-15-17-19-21-23-25-27-37-45-41(43)35-33-39-29-31-40(32-30-39)34-36-42(44)46-38-28-26-24-22-20-18-16-14-12-10-8-6-4-2/h29-36H,3-28,37-38H2,1-2H3/b35-33+,36-34+. The van der Waals surface area contributed by atoms with Crippen LogP contribution in [0.5, 0.6) is 0 Å². The SMILES string of the molecule is CCCCCCCCCCCCCCCOC(=O)/C=C/c1ccc(/C=C/C(=O)OCCCCCCCCCCCCCCC)cc1. The van der Waals surface area contributed by atoms with Gasteiger partial charge >= 0.3 is 11.9 Å². The number of carbonyl (C=O) groups is 2. The van der Waals surface area contributed by atoms with Crippen LogP contribution in [0.2, 0.25) is 0 Å². The fourth-order valence-electron chi connectivity index (χ4n) is 5.73. The fourth-order valence-corrected chi connectivity index (χ4v) is 5.73. The van der Waals surface area contributed by atoms with Crippen molar-refractivity contribution in [1.82, 2.24) is 0 Å². The molecule has 262 valence electrons. The predicted octanol–water partition coefficient (Wildman–Crippen LogP) is 13.0. The minimum atomic E-state index is -0.297. The summed E-state index contributed by atoms with van der Waals surface area (Å²) in [7, 11) is 0. The summed E-state index contributed by atoms with van der Waals surface area (Å²) < 4.78 is 10.7. The highest BCUT2D eigenvalue weighted by Crippen LogP contribution is 2.14. The lowest BCUT2D eigenvalue weighted by atomic mass is 10.0. The van der Waals surface area contributed by atoms with E-state index in [4.69, 9.17) is 9.47 Å². The molecule has 0 fully saturated rings. The lowest BCUT2D eigenvalue weighted by Gasteiger charge is -2.04. The van der Waals surface area contributed by atoms with Gasteiger partial charge in [-0.2, -0.15) is 0 Å². The highest BCUT2D eigenvalue weighted by atomic mass is 16.5. The van der Waals surface area contributed by atoms with Gasteiger partial charge < -0.3 is 9.47 Å². The quantitative estimate of drug-likeness (QED) is 0.0447. The molecule has 1 rings (SSSR count). The first-order chi connectivity index (χ1) is 22.7. The van der Waals surface area contributed by atoms with Crippen molar-refractivity contribution in [2.45, 2.75) is 181 Å². The van der Waals surface area contributed by atoms with Crippen LogP contribution in [0.15, 0.2) is 36.4 Å². The molecule has 0 aliphatic carbocycles. The zero-order chi connectivity index (χ0) is 33.2. The van der Waals surface area contributed by atoms with Gasteiger partial charge in [-0.1, -0.05) is 192 Å². The number of esters is 2. The van der Waals surface area contributed by atoms with Crippen molar-refractivity contribution in [2.75, 3.05) is 13.2 Å². The van der Waals surface area contributed by atoms with Gasteiger partial charge in [0.1, 0.15) is 0 Å². The van der Waals surface area contributed by atoms with Crippen molar-refractivity contribution >= 4 is 24.1 Å². The van der Waals surface area contributed by atoms with E-state index in [1.54, 1.807) is 12.2 Å². The van der Waals surface area contributed by atoms with Crippen LogP contribution in [0.1, 0.15) is 192 Å². The number of unbranched alkanes of at least 4 members (excludes halogenated alkanes) is 24. The maximum absolute atomic E-state index is 12.1. The molecule has 0 aromatic heterocycles. The number of hydrogen-bond acceptors (Lipinski definition) is 4. The largest absolute Gasteiger partial charge is 0.463 e. The second-order valence-corrected chi connectivity index (χ2v) is 13.2. The Kier molecular flexibility index (Phi) is 29.5. The molecule has 0 radical (unpaired) electrons. The minimum Gasteiger partial charge on any atom is -0.463 e. The van der Waals surface area contributed by atoms with Gasteiger partial charge in [-0.15, -0.1) is 0 Å². The van der Waals surface area contributed by atoms with Crippen molar-refractivity contribution in [1.29, 1.82) is 0 Å². The van der Waals surface area contributed by atoms with E-state index < -0.39 is 0 Å². The summed E-state index contributed by atoms with van der Waals surface area (Å²) in [5, 5.41) is 0. The Hall–Kier alpha value is -2.36. The summed E-state index contributed by atoms with van der Waals surface area (Å²) in [4.78, 5) is 24.1. The lowest BCUT2D eigenvalue weighted by Crippen LogP contribution is -2.02. The van der Waals surface area contributed by atoms with E-state index in [2.05, 4.69) is 13.8 Å². The van der Waals surface area contributed by atoms with Gasteiger partial charge in [0.25, 0.3) is 0 Å². The molecule has 0 saturated heterocycles. The van der Waals surface area contributed by atoms with Crippen molar-refractivity contribution in [2.24, 2.45) is 0 Å². The van der Waals surface area contributed by atoms with Gasteiger partial charge in [0, 0.05) is 12.2 Å². The van der Waals surface area contributed by atoms with Gasteiger partial charge in [0.15, 0.2) is 0 Å². The van der Waals surface area contributed by atoms with Gasteiger partial charge in [0.2, 0.25) is 0 Å². The zero-order valence-electron chi connectivity index (χ0n) is 30.1. The van der Waals surface area contributed by atoms with Crippen LogP contribution in [0.3, 0.4) is 0 Å². The first-order valence-corrected chi connectivity index (χ1v) is 19.5. The molecule has 0 heterocycles. The predicted molar refractivity (Wildman–Crippen MR) is 198 cm³/mol. The third-order valence-electron chi connectivity index (χ3n) is 8.74. The monoisotopic (exact) mass is 639 g/mol. The van der Waals surface area contributed by atoms with E-state index in [1.165, 1.54) is 153 Å². The molecule has 0 bridgehead atoms. The van der Waals surface area contributed by atoms with E-state index in [-0.39, 0.29) is 11.9 Å². The van der Waals surface area contributed by atoms with Crippen LogP contribution in [0.25, 0.3) is 12.2 Å². The van der Waals surface area contributed by atoms with Crippen molar-refractivity contribution in [3.05, 3.63) is 47.5 Å². The van der Waals surface area contributed by atoms with Gasteiger partial charge in [-0.05, 0) is 36.1 Å². The lowest BCUT2D eigenvalue weighted by molar-refractivity contribution is -0.138. The summed E-state index contributed by atoms with van der Waals surface area (Å²) in [6, 6.07) is 7.70. The maximum Gasteiger partial charge on any atom is 0.330 e. The molecule has 0 amide bonds. The van der Waals surface area contributed by atoms with E-state index in [0.717, 1.165) is 36.8 Å². The number of carbonyl (C=O) groups excluding carboxylic acids is 2. The van der Waals surface area contributed by atoms with E-state index >= 15 is 0 Å². The molecular formula is C42H70O4. The minimum absolute atomic E-state index is 0.297. The van der Waals surface area contributed by atoms with Crippen LogP contribution in [-0.2, 0) is 19.1 Å². The highest BCUT2D eigenvalue weighted by molar-refractivity contribution is 5.88. The average Bonchev–Trinajstić information content (AvgIpc) is 3.07. The average molecular weight is 639 g/mol. The first-order valence-electron chi connectivity index (χ1n) is 19.5. The summed E-state index contributed by atoms with van der Waals surface area (Å²) in [6.07, 6.45) is 40.4. The Balaban J connectivity index is 2.00. The third kappa shape index (κ3) is 27.9. The molecular weight excluding hydrogens is 568 g/mol. The fraction of sp³-hybridized carbons (Fsp3) is 0.714. The van der Waals surface area contributed by atoms with Gasteiger partial charge in [0.05, 0.1) is 13.2 Å². The zero-order valence-corrected chi connectivity index (χ0v) is 30.1. The number of hydrogen-bond donors (Lipinski definition) is 0. The van der Waals surface area contributed by atoms with Crippen LogP contribution < -0.4 is 0 Å². The van der Waals surface area contributed by atoms with Crippen LogP contribution in [-0.4, -0.2) is 25.2 Å². The molecule has 0 saturated carbocycles. The molecule has 46 heavy (non-hydrogen) atoms. The first kappa shape index (κ1) is 41.7. The topological polar surface area (TPSA) is 52.6 Å². The summed E-state index contributed by atoms with van der Waals surface area (Å²) in [5.41, 5.74) is 1.83. The summed E-state index contributed by atoms with van der Waals surface area (Å²) in [6.45, 7) is 5.51. The highest BCUT2D eigenvalue weighted by Gasteiger charge is 2.00. The summed E-state index contributed by atoms with van der Waals surface area (Å²) in [5.74, 6) is -0.594. The van der Waals surface area contributed by atoms with Crippen LogP contribution in [0.4, 0.5) is 0 Å². The van der Waals surface area contributed by atoms with Crippen molar-refractivity contribution in [3.8, 4) is 0 Å². The molecule has 1 aromatic rings. The summed E-state index contributed by atoms with van der Waals surface area (Å²) >= 11 is 0. The van der Waals surface area contributed by atoms with E-state index in [0.29, 0.717) is 13.2 Å². The Morgan fingerprint density at radius 2 is 0.652 bits per heavy atom. The molecule has 1 aromatic carbocycles. The third-order valence-corrected chi connectivity index (χ3v) is 8.74. The molecule has 0 N–H and O–H groups in total. The van der Waals surface area contributed by atoms with Crippen LogP contribution in [0, 0.1) is 0 Å². The van der Waals surface area contributed by atoms with Crippen molar-refractivity contribution in [3.63, 3.8) is 0 Å². The Bertz CT molecular complexity index is 812. The molecule has 4 nitrogen and oxygen atoms in total. The second-order valence-electron chi connectivity index (χ2n) is 13.2.